The summed E-state index contributed by atoms with van der Waals surface area (Å²) >= 11 is 0. The standard InChI is InChI=1S/C43H42F3N9O9/c44-43(45,46)15-13-27-22-26(14-16-48-27)40-51-32(24-64-40)38(58)50-31-23-54(53-36(31)37(47)57)28-9-7-25(8-10-28)4-1-2-18-62-20-21-63-19-17-49-30-6-3-5-29-35(30)42(61)55(41(29)60)33-11-12-34(56)52-39(33)59/h3,5-10,14,16,22-24,33,49H,1-2,4,11-13,15,17-21H2,(H2,47,57)(H,50,58)(H,52,56,59). The molecule has 0 saturated carbocycles. The number of hydrogen-bond donors (Lipinski definition) is 4. The molecule has 7 rings (SSSR count). The molecule has 0 aliphatic carbocycles. The number of nitrogens with two attached hydrogens (primary N) is 1. The number of benzene rings is 2. The predicted molar refractivity (Wildman–Crippen MR) is 220 cm³/mol. The van der Waals surface area contributed by atoms with Gasteiger partial charge >= 0.3 is 6.18 Å². The summed E-state index contributed by atoms with van der Waals surface area (Å²) in [6, 6.07) is 14.1. The van der Waals surface area contributed by atoms with E-state index in [-0.39, 0.29) is 59.0 Å². The lowest BCUT2D eigenvalue weighted by atomic mass is 10.0. The average Bonchev–Trinajstić information content (AvgIpc) is 4.00. The van der Waals surface area contributed by atoms with E-state index in [1.54, 1.807) is 12.1 Å². The Morgan fingerprint density at radius 3 is 2.47 bits per heavy atom. The molecule has 21 heteroatoms. The number of alkyl halides is 3. The van der Waals surface area contributed by atoms with Crippen molar-refractivity contribution in [2.45, 2.75) is 57.2 Å². The van der Waals surface area contributed by atoms with Crippen molar-refractivity contribution in [3.63, 3.8) is 0 Å². The number of nitrogens with one attached hydrogen (secondary N) is 3. The van der Waals surface area contributed by atoms with Gasteiger partial charge in [0.15, 0.2) is 11.4 Å². The highest BCUT2D eigenvalue weighted by Gasteiger charge is 2.45. The quantitative estimate of drug-likeness (QED) is 0.0616. The minimum absolute atomic E-state index is 0.00858. The second-order valence-electron chi connectivity index (χ2n) is 14.8. The first-order valence-corrected chi connectivity index (χ1v) is 20.3. The molecule has 1 atom stereocenters. The van der Waals surface area contributed by atoms with Crippen molar-refractivity contribution < 1.29 is 55.8 Å². The van der Waals surface area contributed by atoms with E-state index < -0.39 is 54.1 Å². The van der Waals surface area contributed by atoms with Crippen molar-refractivity contribution in [1.82, 2.24) is 30.0 Å². The van der Waals surface area contributed by atoms with Crippen molar-refractivity contribution in [3.05, 3.63) is 107 Å². The summed E-state index contributed by atoms with van der Waals surface area (Å²) < 4.78 is 56.2. The zero-order chi connectivity index (χ0) is 45.4. The van der Waals surface area contributed by atoms with Crippen molar-refractivity contribution in [3.8, 4) is 17.1 Å². The van der Waals surface area contributed by atoms with E-state index in [2.05, 4.69) is 31.0 Å². The number of aryl methyl sites for hydroxylation is 2. The molecule has 0 radical (unpaired) electrons. The zero-order valence-corrected chi connectivity index (χ0v) is 34.1. The fourth-order valence-electron chi connectivity index (χ4n) is 7.09. The molecule has 2 aromatic carbocycles. The molecule has 2 aliphatic rings. The fraction of sp³-hybridized carbons (Fsp3) is 0.326. The highest BCUT2D eigenvalue weighted by Crippen LogP contribution is 2.32. The van der Waals surface area contributed by atoms with Crippen LogP contribution in [0.15, 0.2) is 77.7 Å². The summed E-state index contributed by atoms with van der Waals surface area (Å²) in [5, 5.41) is 12.1. The molecule has 2 aliphatic heterocycles. The number of rotatable bonds is 20. The number of unbranched alkanes of at least 4 members (excludes halogenated alkanes) is 1. The zero-order valence-electron chi connectivity index (χ0n) is 34.1. The highest BCUT2D eigenvalue weighted by molar-refractivity contribution is 6.25. The van der Waals surface area contributed by atoms with Crippen LogP contribution in [0.4, 0.5) is 24.5 Å². The molecule has 334 valence electrons. The molecule has 1 unspecified atom stereocenters. The van der Waals surface area contributed by atoms with Gasteiger partial charge in [-0.1, -0.05) is 18.2 Å². The Morgan fingerprint density at radius 1 is 0.938 bits per heavy atom. The van der Waals surface area contributed by atoms with Gasteiger partial charge in [-0.15, -0.1) is 0 Å². The number of piperidine rings is 1. The third-order valence-electron chi connectivity index (χ3n) is 10.3. The van der Waals surface area contributed by atoms with Gasteiger partial charge in [-0.25, -0.2) is 9.67 Å². The monoisotopic (exact) mass is 885 g/mol. The van der Waals surface area contributed by atoms with E-state index in [4.69, 9.17) is 19.6 Å². The van der Waals surface area contributed by atoms with E-state index in [9.17, 15) is 41.9 Å². The van der Waals surface area contributed by atoms with Crippen LogP contribution in [0, 0.1) is 0 Å². The Kier molecular flexibility index (Phi) is 13.9. The van der Waals surface area contributed by atoms with Crippen LogP contribution in [0.5, 0.6) is 0 Å². The number of imide groups is 2. The lowest BCUT2D eigenvalue weighted by molar-refractivity contribution is -0.136. The highest BCUT2D eigenvalue weighted by atomic mass is 19.4. The second kappa shape index (κ2) is 19.8. The Hall–Kier alpha value is -7.26. The van der Waals surface area contributed by atoms with Gasteiger partial charge in [0.05, 0.1) is 48.5 Å². The number of anilines is 2. The molecular weight excluding hydrogens is 844 g/mol. The summed E-state index contributed by atoms with van der Waals surface area (Å²) in [6.07, 6.45) is 0.660. The van der Waals surface area contributed by atoms with Crippen LogP contribution in [-0.4, -0.2) is 105 Å². The molecular formula is C43H42F3N9O9. The van der Waals surface area contributed by atoms with Gasteiger partial charge in [0.2, 0.25) is 17.7 Å². The van der Waals surface area contributed by atoms with Gasteiger partial charge in [0.1, 0.15) is 12.3 Å². The number of carbonyl (C=O) groups excluding carboxylic acids is 6. The minimum Gasteiger partial charge on any atom is -0.444 e. The van der Waals surface area contributed by atoms with Crippen molar-refractivity contribution >= 4 is 46.8 Å². The Morgan fingerprint density at radius 2 is 1.72 bits per heavy atom. The first kappa shape index (κ1) is 44.8. The number of oxazole rings is 1. The predicted octanol–water partition coefficient (Wildman–Crippen LogP) is 4.64. The molecule has 64 heavy (non-hydrogen) atoms. The molecule has 1 saturated heterocycles. The molecule has 6 amide bonds. The molecule has 18 nitrogen and oxygen atoms in total. The summed E-state index contributed by atoms with van der Waals surface area (Å²) in [6.45, 7) is 1.91. The first-order chi connectivity index (χ1) is 30.8. The Labute approximate surface area is 362 Å². The average molecular weight is 886 g/mol. The van der Waals surface area contributed by atoms with E-state index in [0.717, 1.165) is 36.0 Å². The molecule has 0 bridgehead atoms. The molecule has 5 heterocycles. The number of primary amides is 1. The fourth-order valence-corrected chi connectivity index (χ4v) is 7.09. The summed E-state index contributed by atoms with van der Waals surface area (Å²) in [5.74, 6) is -3.89. The number of halogens is 3. The van der Waals surface area contributed by atoms with E-state index in [1.165, 1.54) is 35.3 Å². The van der Waals surface area contributed by atoms with Crippen LogP contribution < -0.4 is 21.7 Å². The lowest BCUT2D eigenvalue weighted by Gasteiger charge is -2.27. The number of fused-ring (bicyclic) bond motifs is 1. The van der Waals surface area contributed by atoms with Gasteiger partial charge in [0.25, 0.3) is 23.6 Å². The minimum atomic E-state index is -4.34. The number of aromatic nitrogens is 4. The second-order valence-corrected chi connectivity index (χ2v) is 14.8. The number of hydrogen-bond acceptors (Lipinski definition) is 13. The van der Waals surface area contributed by atoms with Crippen LogP contribution in [0.3, 0.4) is 0 Å². The number of nitrogens with zero attached hydrogens (tertiary/aromatic N) is 5. The van der Waals surface area contributed by atoms with Crippen molar-refractivity contribution in [2.24, 2.45) is 5.73 Å². The molecule has 1 fully saturated rings. The van der Waals surface area contributed by atoms with Crippen molar-refractivity contribution in [1.29, 1.82) is 0 Å². The number of ether oxygens (including phenoxy) is 2. The summed E-state index contributed by atoms with van der Waals surface area (Å²) in [7, 11) is 0. The van der Waals surface area contributed by atoms with Gasteiger partial charge in [-0.3, -0.25) is 44.0 Å². The van der Waals surface area contributed by atoms with Crippen LogP contribution in [0.1, 0.15) is 85.1 Å². The number of carbonyl (C=O) groups is 6. The van der Waals surface area contributed by atoms with Crippen LogP contribution >= 0.6 is 0 Å². The smallest absolute Gasteiger partial charge is 0.389 e. The van der Waals surface area contributed by atoms with Crippen molar-refractivity contribution in [2.75, 3.05) is 43.6 Å². The van der Waals surface area contributed by atoms with Crippen LogP contribution in [-0.2, 0) is 31.9 Å². The van der Waals surface area contributed by atoms with Crippen LogP contribution in [0.25, 0.3) is 17.1 Å². The van der Waals surface area contributed by atoms with Crippen LogP contribution in [0.2, 0.25) is 0 Å². The third kappa shape index (κ3) is 10.8. The van der Waals surface area contributed by atoms with Gasteiger partial charge in [-0.2, -0.15) is 18.3 Å². The first-order valence-electron chi connectivity index (χ1n) is 20.3. The molecule has 3 aromatic heterocycles. The SMILES string of the molecule is NC(=O)c1nn(-c2ccc(CCCCOCCOCCNc3cccc4c3C(=O)N(C3CCC(=O)NC3=O)C4=O)cc2)cc1NC(=O)c1coc(-c2ccnc(CCC(F)(F)F)c2)n1. The summed E-state index contributed by atoms with van der Waals surface area (Å²) in [5.41, 5.74) is 8.22. The van der Waals surface area contributed by atoms with E-state index in [0.29, 0.717) is 49.9 Å². The Bertz CT molecular complexity index is 2560. The van der Waals surface area contributed by atoms with Gasteiger partial charge in [0, 0.05) is 49.1 Å². The Balaban J connectivity index is 0.802. The topological polar surface area (TPSA) is 243 Å². The lowest BCUT2D eigenvalue weighted by Crippen LogP contribution is -2.54. The van der Waals surface area contributed by atoms with Gasteiger partial charge < -0.3 is 30.3 Å². The largest absolute Gasteiger partial charge is 0.444 e. The maximum atomic E-state index is 13.2. The number of pyridine rings is 1. The maximum Gasteiger partial charge on any atom is 0.389 e. The van der Waals surface area contributed by atoms with E-state index >= 15 is 0 Å². The van der Waals surface area contributed by atoms with E-state index in [1.807, 2.05) is 24.3 Å². The molecule has 0 spiro atoms. The molecule has 5 N–H and O–H groups in total. The maximum absolute atomic E-state index is 13.2. The summed E-state index contributed by atoms with van der Waals surface area (Å²) in [4.78, 5) is 84.5. The molecule has 5 aromatic rings. The van der Waals surface area contributed by atoms with Gasteiger partial charge in [-0.05, 0) is 74.1 Å². The number of amides is 6. The normalized spacial score (nSPS) is 15.0. The third-order valence-corrected chi connectivity index (χ3v) is 10.3.